The SMILES string of the molecule is CNCC(O)c1ccc(OP(=O)(O)O)c(C[S+](C)CC(=O)[C@@]23O[C@H](C4CCCCC4)O[C@@H]2C[C@H]2[C@@H]4CCC5=CC(=O)C=C[C@]5(C)[C@@]4(F)[C@@H](O)C[C@@]23C)c1. The van der Waals surface area contributed by atoms with Crippen LogP contribution in [0.15, 0.2) is 42.0 Å². The summed E-state index contributed by atoms with van der Waals surface area (Å²) in [4.78, 5) is 46.8. The highest BCUT2D eigenvalue weighted by Gasteiger charge is 2.80. The Balaban J connectivity index is 1.22. The van der Waals surface area contributed by atoms with E-state index in [0.717, 1.165) is 32.1 Å². The Morgan fingerprint density at radius 3 is 2.60 bits per heavy atom. The molecule has 7 rings (SSSR count). The first-order valence-corrected chi connectivity index (χ1v) is 22.4. The van der Waals surface area contributed by atoms with Crippen LogP contribution in [0.2, 0.25) is 0 Å². The molecule has 292 valence electrons. The van der Waals surface area contributed by atoms with Gasteiger partial charge in [0.25, 0.3) is 0 Å². The first kappa shape index (κ1) is 39.3. The highest BCUT2D eigenvalue weighted by Crippen LogP contribution is 2.72. The highest BCUT2D eigenvalue weighted by molar-refractivity contribution is 7.96. The van der Waals surface area contributed by atoms with E-state index in [1.807, 2.05) is 13.2 Å². The summed E-state index contributed by atoms with van der Waals surface area (Å²) in [6.45, 7) is 4.02. The van der Waals surface area contributed by atoms with Gasteiger partial charge in [-0.25, -0.2) is 8.96 Å². The van der Waals surface area contributed by atoms with E-state index in [4.69, 9.17) is 14.0 Å². The summed E-state index contributed by atoms with van der Waals surface area (Å²) >= 11 is 0. The lowest BCUT2D eigenvalue weighted by molar-refractivity contribution is -0.234. The molecule has 1 saturated heterocycles. The zero-order valence-electron chi connectivity index (χ0n) is 31.0. The fourth-order valence-electron chi connectivity index (χ4n) is 11.2. The summed E-state index contributed by atoms with van der Waals surface area (Å²) in [6.07, 6.45) is 9.35. The van der Waals surface area contributed by atoms with Crippen molar-refractivity contribution in [2.45, 2.75) is 113 Å². The van der Waals surface area contributed by atoms with Crippen molar-refractivity contribution in [1.82, 2.24) is 5.32 Å². The van der Waals surface area contributed by atoms with Gasteiger partial charge >= 0.3 is 7.82 Å². The van der Waals surface area contributed by atoms with Gasteiger partial charge in [0.2, 0.25) is 5.78 Å². The minimum atomic E-state index is -4.91. The summed E-state index contributed by atoms with van der Waals surface area (Å²) in [6, 6.07) is 4.64. The number of phosphoric acid groups is 1. The van der Waals surface area contributed by atoms with E-state index in [-0.39, 0.29) is 53.6 Å². The van der Waals surface area contributed by atoms with Crippen LogP contribution in [-0.2, 0) is 40.3 Å². The number of Topliss-reactive ketones (excluding diaryl/α,β-unsaturated/α-hetero) is 1. The van der Waals surface area contributed by atoms with Crippen LogP contribution < -0.4 is 9.84 Å². The van der Waals surface area contributed by atoms with E-state index in [2.05, 4.69) is 5.32 Å². The van der Waals surface area contributed by atoms with Crippen molar-refractivity contribution in [1.29, 1.82) is 0 Å². The van der Waals surface area contributed by atoms with E-state index < -0.39 is 71.3 Å². The van der Waals surface area contributed by atoms with Gasteiger partial charge in [-0.1, -0.05) is 43.9 Å². The average molecular weight is 779 g/mol. The first-order chi connectivity index (χ1) is 25.0. The quantitative estimate of drug-likeness (QED) is 0.155. The smallest absolute Gasteiger partial charge is 0.404 e. The maximum Gasteiger partial charge on any atom is 0.524 e. The number of aliphatic hydroxyl groups excluding tert-OH is 2. The minimum Gasteiger partial charge on any atom is -0.404 e. The van der Waals surface area contributed by atoms with Crippen molar-refractivity contribution in [2.75, 3.05) is 25.6 Å². The molecular formula is C39H54FNO10PS+. The fraction of sp³-hybridized carbons (Fsp3) is 0.692. The van der Waals surface area contributed by atoms with Crippen LogP contribution in [0.5, 0.6) is 5.75 Å². The van der Waals surface area contributed by atoms with E-state index in [1.165, 1.54) is 18.2 Å². The topological polar surface area (TPSA) is 172 Å². The molecule has 2 unspecified atom stereocenters. The first-order valence-electron chi connectivity index (χ1n) is 18.9. The second-order valence-electron chi connectivity index (χ2n) is 16.8. The third-order valence-corrected chi connectivity index (χ3v) is 15.7. The van der Waals surface area contributed by atoms with Crippen LogP contribution in [0.1, 0.15) is 88.9 Å². The lowest BCUT2D eigenvalue weighted by Crippen LogP contribution is -2.70. The van der Waals surface area contributed by atoms with E-state index in [9.17, 15) is 29.4 Å². The third-order valence-electron chi connectivity index (χ3n) is 13.7. The van der Waals surface area contributed by atoms with Gasteiger partial charge in [0, 0.05) is 34.8 Å². The van der Waals surface area contributed by atoms with Crippen molar-refractivity contribution in [3.63, 3.8) is 0 Å². The summed E-state index contributed by atoms with van der Waals surface area (Å²) in [5, 5.41) is 25.6. The molecule has 11 nitrogen and oxygen atoms in total. The Bertz CT molecular complexity index is 1730. The molecule has 0 aromatic heterocycles. The molecule has 0 spiro atoms. The number of allylic oxidation sites excluding steroid dienone is 4. The van der Waals surface area contributed by atoms with Crippen molar-refractivity contribution in [3.05, 3.63) is 53.1 Å². The van der Waals surface area contributed by atoms with Crippen LogP contribution in [0.25, 0.3) is 0 Å². The molecular weight excluding hydrogens is 724 g/mol. The zero-order chi connectivity index (χ0) is 38.1. The number of nitrogens with one attached hydrogen (secondary N) is 1. The molecule has 11 atom stereocenters. The molecule has 1 aromatic rings. The number of carbonyl (C=O) groups is 2. The number of hydrogen-bond donors (Lipinski definition) is 5. The zero-order valence-corrected chi connectivity index (χ0v) is 32.7. The van der Waals surface area contributed by atoms with Gasteiger partial charge in [0.05, 0.1) is 24.6 Å². The van der Waals surface area contributed by atoms with E-state index in [1.54, 1.807) is 32.2 Å². The molecule has 1 heterocycles. The maximum absolute atomic E-state index is 18.0. The molecule has 5 fully saturated rings. The van der Waals surface area contributed by atoms with Gasteiger partial charge in [-0.05, 0) is 99.2 Å². The molecule has 1 aromatic carbocycles. The number of likely N-dealkylation sites (N-methyl/N-ethyl adjacent to an activating group) is 1. The Hall–Kier alpha value is -1.93. The molecule has 0 bridgehead atoms. The number of benzene rings is 1. The number of rotatable bonds is 11. The number of aliphatic hydroxyl groups is 2. The minimum absolute atomic E-state index is 0.0124. The molecule has 53 heavy (non-hydrogen) atoms. The Morgan fingerprint density at radius 1 is 1.17 bits per heavy atom. The standard InChI is InChI=1S/C39H53FNO10PS/c1-36-15-14-27(42)17-26(36)11-12-28-29-18-34-39(37(29,2)19-32(44)38(28,36)40,50-35(49-34)23-8-6-5-7-9-23)33(45)22-53(4)21-25-16-24(30(43)20-41-3)10-13-31(25)51-52(46,47)48/h10,13-17,23,28-30,32,34-35,41,43-44H,5-9,11-12,18-22H2,1-4H3,(H-,46,47,48)/p+1/t28-,29-,30?,32-,34+,35+,36-,37-,38-,39+,53?/m0/s1. The Morgan fingerprint density at radius 2 is 1.91 bits per heavy atom. The predicted octanol–water partition coefficient (Wildman–Crippen LogP) is 4.77. The number of fused-ring (bicyclic) bond motifs is 7. The normalized spacial score (nSPS) is 39.4. The van der Waals surface area contributed by atoms with Gasteiger partial charge in [-0.15, -0.1) is 0 Å². The fourth-order valence-corrected chi connectivity index (χ4v) is 13.1. The molecule has 14 heteroatoms. The number of phosphoric ester groups is 1. The number of ketones is 2. The lowest BCUT2D eigenvalue weighted by atomic mass is 9.44. The van der Waals surface area contributed by atoms with Crippen LogP contribution in [-0.4, -0.2) is 86.9 Å². The van der Waals surface area contributed by atoms with Gasteiger partial charge in [0.15, 0.2) is 29.1 Å². The molecule has 1 aliphatic heterocycles. The van der Waals surface area contributed by atoms with Crippen molar-refractivity contribution in [2.24, 2.45) is 28.6 Å². The molecule has 6 aliphatic rings. The van der Waals surface area contributed by atoms with Gasteiger partial charge < -0.3 is 29.5 Å². The summed E-state index contributed by atoms with van der Waals surface area (Å²) in [5.41, 5.74) is -3.94. The van der Waals surface area contributed by atoms with Crippen LogP contribution >= 0.6 is 7.82 Å². The maximum atomic E-state index is 18.0. The number of ether oxygens (including phenoxy) is 2. The van der Waals surface area contributed by atoms with Gasteiger partial charge in [0.1, 0.15) is 11.5 Å². The third kappa shape index (κ3) is 6.44. The van der Waals surface area contributed by atoms with Crippen molar-refractivity contribution < 1.29 is 52.5 Å². The van der Waals surface area contributed by atoms with Crippen LogP contribution in [0.4, 0.5) is 4.39 Å². The predicted molar refractivity (Wildman–Crippen MR) is 198 cm³/mol. The number of alkyl halides is 1. The molecule has 5 aliphatic carbocycles. The second kappa shape index (κ2) is 14.2. The number of halogens is 1. The largest absolute Gasteiger partial charge is 0.524 e. The van der Waals surface area contributed by atoms with E-state index in [0.29, 0.717) is 36.0 Å². The monoisotopic (exact) mass is 778 g/mol. The van der Waals surface area contributed by atoms with Gasteiger partial charge in [-0.3, -0.25) is 19.4 Å². The summed E-state index contributed by atoms with van der Waals surface area (Å²) < 4.78 is 48.7. The molecule has 5 N–H and O–H groups in total. The molecule has 0 amide bonds. The van der Waals surface area contributed by atoms with Crippen LogP contribution in [0.3, 0.4) is 0 Å². The van der Waals surface area contributed by atoms with Crippen LogP contribution in [0, 0.1) is 28.6 Å². The molecule has 4 saturated carbocycles. The Labute approximate surface area is 313 Å². The number of carbonyl (C=O) groups excluding carboxylic acids is 2. The van der Waals surface area contributed by atoms with Crippen molar-refractivity contribution in [3.8, 4) is 5.75 Å². The van der Waals surface area contributed by atoms with Gasteiger partial charge in [-0.2, -0.15) is 0 Å². The number of hydrogen-bond acceptors (Lipinski definition) is 9. The summed E-state index contributed by atoms with van der Waals surface area (Å²) in [7, 11) is -3.92. The Kier molecular flexibility index (Phi) is 10.5. The second-order valence-corrected chi connectivity index (χ2v) is 20.1. The molecule has 0 radical (unpaired) electrons. The van der Waals surface area contributed by atoms with Crippen molar-refractivity contribution >= 4 is 30.3 Å². The highest BCUT2D eigenvalue weighted by atomic mass is 32.2. The van der Waals surface area contributed by atoms with E-state index >= 15 is 9.18 Å². The average Bonchev–Trinajstić information content (AvgIpc) is 3.60. The lowest BCUT2D eigenvalue weighted by Gasteiger charge is -2.62. The summed E-state index contributed by atoms with van der Waals surface area (Å²) in [5.74, 6) is -0.924.